The molecule has 2 N–H and O–H groups in total. The largest absolute Gasteiger partial charge is 0.479 e. The summed E-state index contributed by atoms with van der Waals surface area (Å²) in [7, 11) is 1.56. The molecule has 0 bridgehead atoms. The zero-order valence-corrected chi connectivity index (χ0v) is 11.0. The normalized spacial score (nSPS) is 18.9. The highest BCUT2D eigenvalue weighted by molar-refractivity contribution is 6.00. The van der Waals surface area contributed by atoms with Gasteiger partial charge in [-0.15, -0.1) is 0 Å². The van der Waals surface area contributed by atoms with Crippen LogP contribution in [0.2, 0.25) is 0 Å². The Hall–Kier alpha value is -2.08. The van der Waals surface area contributed by atoms with Gasteiger partial charge in [-0.3, -0.25) is 9.59 Å². The van der Waals surface area contributed by atoms with Crippen molar-refractivity contribution in [2.45, 2.75) is 26.1 Å². The number of rotatable bonds is 2. The van der Waals surface area contributed by atoms with E-state index in [0.29, 0.717) is 17.1 Å². The molecule has 2 unspecified atom stereocenters. The lowest BCUT2D eigenvalue weighted by Crippen LogP contribution is -2.36. The number of carbonyl (C=O) groups is 2. The van der Waals surface area contributed by atoms with Crippen LogP contribution in [0.4, 0.5) is 11.4 Å². The molecule has 102 valence electrons. The summed E-state index contributed by atoms with van der Waals surface area (Å²) in [5.41, 5.74) is 1.09. The molecule has 0 aromatic heterocycles. The first-order valence-electron chi connectivity index (χ1n) is 5.97. The first-order chi connectivity index (χ1) is 8.90. The van der Waals surface area contributed by atoms with Gasteiger partial charge in [0.25, 0.3) is 11.8 Å². The smallest absolute Gasteiger partial charge is 0.265 e. The predicted molar refractivity (Wildman–Crippen MR) is 70.3 cm³/mol. The fourth-order valence-electron chi connectivity index (χ4n) is 1.81. The van der Waals surface area contributed by atoms with Crippen molar-refractivity contribution in [3.63, 3.8) is 0 Å². The molecule has 0 radical (unpaired) electrons. The molecular formula is C13H16N2O4. The summed E-state index contributed by atoms with van der Waals surface area (Å²) < 4.78 is 5.42. The molecule has 19 heavy (non-hydrogen) atoms. The lowest BCUT2D eigenvalue weighted by Gasteiger charge is -2.25. The van der Waals surface area contributed by atoms with E-state index >= 15 is 0 Å². The molecule has 0 saturated heterocycles. The Balaban J connectivity index is 2.29. The third kappa shape index (κ3) is 2.53. The molecule has 6 heteroatoms. The zero-order chi connectivity index (χ0) is 14.2. The van der Waals surface area contributed by atoms with Crippen LogP contribution in [-0.4, -0.2) is 36.2 Å². The number of aliphatic hydroxyl groups is 1. The van der Waals surface area contributed by atoms with Crippen LogP contribution >= 0.6 is 0 Å². The van der Waals surface area contributed by atoms with Crippen molar-refractivity contribution in [3.05, 3.63) is 18.2 Å². The van der Waals surface area contributed by atoms with Crippen molar-refractivity contribution in [1.29, 1.82) is 0 Å². The minimum Gasteiger partial charge on any atom is -0.479 e. The first-order valence-corrected chi connectivity index (χ1v) is 5.97. The summed E-state index contributed by atoms with van der Waals surface area (Å²) in [6.45, 7) is 3.07. The number of anilines is 2. The highest BCUT2D eigenvalue weighted by atomic mass is 16.5. The van der Waals surface area contributed by atoms with Crippen LogP contribution in [-0.2, 0) is 9.59 Å². The number of likely N-dealkylation sites (N-methyl/N-ethyl adjacent to an activating group) is 1. The van der Waals surface area contributed by atoms with Gasteiger partial charge in [0.05, 0.1) is 5.69 Å². The second kappa shape index (κ2) is 4.89. The number of hydrogen-bond donors (Lipinski definition) is 2. The van der Waals surface area contributed by atoms with E-state index < -0.39 is 18.1 Å². The van der Waals surface area contributed by atoms with E-state index in [1.807, 2.05) is 0 Å². The molecule has 0 saturated carbocycles. The number of aliphatic hydroxyl groups excluding tert-OH is 1. The average molecular weight is 264 g/mol. The van der Waals surface area contributed by atoms with E-state index in [-0.39, 0.29) is 5.91 Å². The molecule has 1 aliphatic heterocycles. The van der Waals surface area contributed by atoms with Crippen molar-refractivity contribution < 1.29 is 19.4 Å². The van der Waals surface area contributed by atoms with Gasteiger partial charge >= 0.3 is 0 Å². The third-order valence-electron chi connectivity index (χ3n) is 2.97. The SMILES string of the molecule is CC(O)C(=O)N(C)c1ccc2c(c1)NC(=O)C(C)O2. The summed E-state index contributed by atoms with van der Waals surface area (Å²) in [5.74, 6) is -0.0840. The molecule has 6 nitrogen and oxygen atoms in total. The average Bonchev–Trinajstić information content (AvgIpc) is 2.37. The maximum Gasteiger partial charge on any atom is 0.265 e. The quantitative estimate of drug-likeness (QED) is 0.826. The Labute approximate surface area is 111 Å². The van der Waals surface area contributed by atoms with Crippen LogP contribution in [0.15, 0.2) is 18.2 Å². The second-order valence-electron chi connectivity index (χ2n) is 4.50. The molecule has 0 fully saturated rings. The summed E-state index contributed by atoms with van der Waals surface area (Å²) >= 11 is 0. The molecule has 2 atom stereocenters. The van der Waals surface area contributed by atoms with E-state index in [4.69, 9.17) is 4.74 Å². The van der Waals surface area contributed by atoms with Crippen LogP contribution in [0.25, 0.3) is 0 Å². The number of nitrogens with one attached hydrogen (secondary N) is 1. The molecular weight excluding hydrogens is 248 g/mol. The van der Waals surface area contributed by atoms with Crippen molar-refractivity contribution in [2.75, 3.05) is 17.3 Å². The van der Waals surface area contributed by atoms with Gasteiger partial charge in [0.1, 0.15) is 11.9 Å². The molecule has 2 amide bonds. The van der Waals surface area contributed by atoms with E-state index in [0.717, 1.165) is 0 Å². The Morgan fingerprint density at radius 1 is 1.53 bits per heavy atom. The summed E-state index contributed by atoms with van der Waals surface area (Å²) in [5, 5.41) is 12.0. The highest BCUT2D eigenvalue weighted by Crippen LogP contribution is 2.33. The third-order valence-corrected chi connectivity index (χ3v) is 2.97. The number of benzene rings is 1. The maximum absolute atomic E-state index is 11.7. The Kier molecular flexibility index (Phi) is 3.44. The van der Waals surface area contributed by atoms with Crippen LogP contribution in [0.3, 0.4) is 0 Å². The summed E-state index contributed by atoms with van der Waals surface area (Å²) in [6.07, 6.45) is -1.61. The van der Waals surface area contributed by atoms with Crippen molar-refractivity contribution in [1.82, 2.24) is 0 Å². The number of amides is 2. The highest BCUT2D eigenvalue weighted by Gasteiger charge is 2.25. The van der Waals surface area contributed by atoms with Gasteiger partial charge in [-0.2, -0.15) is 0 Å². The van der Waals surface area contributed by atoms with Crippen molar-refractivity contribution in [3.8, 4) is 5.75 Å². The van der Waals surface area contributed by atoms with E-state index in [1.165, 1.54) is 11.8 Å². The molecule has 1 heterocycles. The molecule has 0 aliphatic carbocycles. The molecule has 1 aromatic carbocycles. The molecule has 2 rings (SSSR count). The minimum absolute atomic E-state index is 0.228. The standard InChI is InChI=1S/C13H16N2O4/c1-7(16)13(18)15(3)9-4-5-11-10(6-9)14-12(17)8(2)19-11/h4-8,16H,1-3H3,(H,14,17). The van der Waals surface area contributed by atoms with E-state index in [2.05, 4.69) is 5.32 Å². The molecule has 1 aliphatic rings. The Morgan fingerprint density at radius 3 is 2.84 bits per heavy atom. The molecule has 0 spiro atoms. The topological polar surface area (TPSA) is 78.9 Å². The van der Waals surface area contributed by atoms with Gasteiger partial charge in [0.2, 0.25) is 0 Å². The van der Waals surface area contributed by atoms with Crippen LogP contribution in [0.1, 0.15) is 13.8 Å². The van der Waals surface area contributed by atoms with Crippen molar-refractivity contribution >= 4 is 23.2 Å². The fourth-order valence-corrected chi connectivity index (χ4v) is 1.81. The minimum atomic E-state index is -1.08. The summed E-state index contributed by atoms with van der Waals surface area (Å²) in [4.78, 5) is 24.5. The van der Waals surface area contributed by atoms with E-state index in [1.54, 1.807) is 32.2 Å². The lowest BCUT2D eigenvalue weighted by atomic mass is 10.2. The number of hydrogen-bond acceptors (Lipinski definition) is 4. The number of ether oxygens (including phenoxy) is 1. The lowest BCUT2D eigenvalue weighted by molar-refractivity contribution is -0.125. The van der Waals surface area contributed by atoms with E-state index in [9.17, 15) is 14.7 Å². The van der Waals surface area contributed by atoms with Gasteiger partial charge in [-0.1, -0.05) is 0 Å². The van der Waals surface area contributed by atoms with Gasteiger partial charge in [-0.25, -0.2) is 0 Å². The summed E-state index contributed by atoms with van der Waals surface area (Å²) in [6, 6.07) is 5.02. The van der Waals surface area contributed by atoms with Gasteiger partial charge in [-0.05, 0) is 32.0 Å². The van der Waals surface area contributed by atoms with Crippen LogP contribution in [0.5, 0.6) is 5.75 Å². The Bertz CT molecular complexity index is 527. The van der Waals surface area contributed by atoms with Crippen LogP contribution < -0.4 is 15.0 Å². The number of nitrogens with zero attached hydrogens (tertiary/aromatic N) is 1. The number of fused-ring (bicyclic) bond motifs is 1. The van der Waals surface area contributed by atoms with Crippen molar-refractivity contribution in [2.24, 2.45) is 0 Å². The molecule has 1 aromatic rings. The predicted octanol–water partition coefficient (Wildman–Crippen LogP) is 0.750. The maximum atomic E-state index is 11.7. The van der Waals surface area contributed by atoms with Gasteiger partial charge < -0.3 is 20.1 Å². The van der Waals surface area contributed by atoms with Crippen LogP contribution in [0, 0.1) is 0 Å². The van der Waals surface area contributed by atoms with Gasteiger partial charge in [0.15, 0.2) is 6.10 Å². The number of carbonyl (C=O) groups excluding carboxylic acids is 2. The van der Waals surface area contributed by atoms with Gasteiger partial charge in [0, 0.05) is 12.7 Å². The fraction of sp³-hybridized carbons (Fsp3) is 0.385. The second-order valence-corrected chi connectivity index (χ2v) is 4.50. The first kappa shape index (κ1) is 13.4. The zero-order valence-electron chi connectivity index (χ0n) is 11.0. The monoisotopic (exact) mass is 264 g/mol. The Morgan fingerprint density at radius 2 is 2.21 bits per heavy atom.